The van der Waals surface area contributed by atoms with E-state index in [1.54, 1.807) is 84.9 Å². The number of phenolic OH excluding ortho intramolecular Hbond substituents is 1. The molecule has 15 rings (SSSR count). The average Bonchev–Trinajstić information content (AvgIpc) is 1.59. The van der Waals surface area contributed by atoms with Crippen molar-refractivity contribution in [1.29, 1.82) is 0 Å². The molecule has 0 saturated carbocycles. The molecule has 0 amide bonds. The Balaban J connectivity index is 0.000000237. The molecule has 9 atom stereocenters. The van der Waals surface area contributed by atoms with Gasteiger partial charge in [0.1, 0.15) is 200 Å². The van der Waals surface area contributed by atoms with Crippen LogP contribution >= 0.6 is 11.6 Å². The third-order valence-electron chi connectivity index (χ3n) is 17.2. The molecule has 736 valence electrons. The lowest BCUT2D eigenvalue weighted by Gasteiger charge is -2.18. The summed E-state index contributed by atoms with van der Waals surface area (Å²) in [5.74, 6) is 2.32. The minimum atomic E-state index is -3.91. The summed E-state index contributed by atoms with van der Waals surface area (Å²) in [7, 11) is -7.78. The van der Waals surface area contributed by atoms with Crippen LogP contribution in [0.4, 0.5) is 39.5 Å². The SMILES string of the molecule is C=CCC[C@@H](O)COc1ccc(F)cc1.C=CCC[C@H](COc1ccc(F)cc1)OS(=O)(=O)c1ccccc1.ClCC1CO1.Fc1ccc(OCC2CO2)cc1.Fc1ccc(OCC2CO2)cc1.Fc1ccc(OC[C@H]2CO2)cc1.O=S(=O)(OC[C@@H](O)COc1ccc(F)cc1)c1ccccc1.OC[C@@H](O)COc1ccc(F)cc1.OC[C@@H](O)COc1ccc(F)cc1.Oc1ccc(F)cc1. The van der Waals surface area contributed by atoms with Gasteiger partial charge in [-0.25, -0.2) is 39.5 Å². The summed E-state index contributed by atoms with van der Waals surface area (Å²) < 4.78 is 232. The fourth-order valence-electron chi connectivity index (χ4n) is 9.52. The molecule has 4 aliphatic rings. The molecule has 4 fully saturated rings. The number of rotatable bonds is 40. The van der Waals surface area contributed by atoms with E-state index in [0.29, 0.717) is 97.1 Å². The molecule has 11 aromatic carbocycles. The molecule has 0 aliphatic carbocycles. The number of allylic oxidation sites excluding steroid dienone is 2. The molecule has 0 bridgehead atoms. The van der Waals surface area contributed by atoms with E-state index in [0.717, 1.165) is 32.8 Å². The van der Waals surface area contributed by atoms with Crippen LogP contribution < -0.4 is 37.9 Å². The molecule has 37 heteroatoms. The van der Waals surface area contributed by atoms with Crippen LogP contribution in [0.1, 0.15) is 25.7 Å². The fraction of sp³-hybridized carbons (Fsp3) is 0.293. The predicted molar refractivity (Wildman–Crippen MR) is 488 cm³/mol. The molecule has 11 aromatic rings. The van der Waals surface area contributed by atoms with Gasteiger partial charge in [-0.3, -0.25) is 8.37 Å². The zero-order chi connectivity index (χ0) is 98.7. The molecule has 4 aliphatic heterocycles. The van der Waals surface area contributed by atoms with Gasteiger partial charge in [-0.2, -0.15) is 16.8 Å². The topological polar surface area (TPSA) is 352 Å². The van der Waals surface area contributed by atoms with E-state index < -0.39 is 63.2 Å². The van der Waals surface area contributed by atoms with Crippen molar-refractivity contribution in [3.63, 3.8) is 0 Å². The standard InChI is InChI=1S/C18H19FO4S.C15H15FO5S.C12H15FO2.2C9H11FO3.3C9H9FO2.C6H5FO.C3H5ClO/c1-2-3-7-17(14-22-16-12-10-15(19)11-13-16)23-24(20,21)18-8-5-4-6-9-18;16-12-6-8-14(9-7-12)20-10-13(17)11-21-22(18,19)15-4-2-1-3-5-15;1-2-3-4-11(14)9-15-12-7-5-10(13)6-8-12;2*10-7-1-3-9(4-2-7)13-6-8(12)5-11;3*10-7-1-3-8(4-2-7)11-5-9-6-12-9;7-5-1-3-6(8)4-2-5;4-1-3-2-5-3/h2,4-6,8-13,17H,1,3,7,14H2;1-9,13,17H,10-11H2;2,5-8,11,14H,1,3-4,9H2;2*1-4,8,11-12H,5-6H2;3*1-4,9H,5-6H2;1-4,8H;3H,1-2H2/t17-;13-;11-;2*8-;9-;;;;/m101110..../s1. The minimum absolute atomic E-state index is 0.00212. The highest BCUT2D eigenvalue weighted by Crippen LogP contribution is 2.24. The highest BCUT2D eigenvalue weighted by Gasteiger charge is 2.27. The smallest absolute Gasteiger partial charge is 0.297 e. The monoisotopic (exact) mass is 1970 g/mol. The Morgan fingerprint density at radius 3 is 0.816 bits per heavy atom. The van der Waals surface area contributed by atoms with Crippen molar-refractivity contribution in [1.82, 2.24) is 0 Å². The van der Waals surface area contributed by atoms with Crippen LogP contribution in [0, 0.1) is 52.4 Å². The van der Waals surface area contributed by atoms with Gasteiger partial charge in [-0.1, -0.05) is 48.6 Å². The summed E-state index contributed by atoms with van der Waals surface area (Å²) in [5.41, 5.74) is 0. The van der Waals surface area contributed by atoms with Crippen LogP contribution in [0.2, 0.25) is 0 Å². The number of aliphatic hydroxyl groups excluding tert-OH is 6. The zero-order valence-corrected chi connectivity index (χ0v) is 75.9. The maximum absolute atomic E-state index is 12.9. The molecule has 7 N–H and O–H groups in total. The third-order valence-corrected chi connectivity index (χ3v) is 20.2. The molecular weight excluding hydrogens is 1860 g/mol. The molecule has 3 unspecified atom stereocenters. The molecule has 136 heavy (non-hydrogen) atoms. The number of benzene rings is 11. The number of ether oxygens (including phenoxy) is 12. The molecule has 4 heterocycles. The van der Waals surface area contributed by atoms with Gasteiger partial charge < -0.3 is 92.6 Å². The number of aliphatic hydroxyl groups is 6. The zero-order valence-electron chi connectivity index (χ0n) is 73.5. The first-order valence-corrected chi connectivity index (χ1v) is 45.4. The van der Waals surface area contributed by atoms with E-state index in [1.807, 2.05) is 0 Å². The minimum Gasteiger partial charge on any atom is -0.508 e. The lowest BCUT2D eigenvalue weighted by Crippen LogP contribution is -2.25. The van der Waals surface area contributed by atoms with Crippen LogP contribution in [0.25, 0.3) is 0 Å². The van der Waals surface area contributed by atoms with Gasteiger partial charge in [0.15, 0.2) is 0 Å². The Morgan fingerprint density at radius 2 is 0.566 bits per heavy atom. The van der Waals surface area contributed by atoms with Gasteiger partial charge in [0, 0.05) is 0 Å². The number of phenols is 1. The van der Waals surface area contributed by atoms with Gasteiger partial charge in [-0.15, -0.1) is 24.8 Å². The highest BCUT2D eigenvalue weighted by molar-refractivity contribution is 7.87. The van der Waals surface area contributed by atoms with E-state index in [4.69, 9.17) is 102 Å². The van der Waals surface area contributed by atoms with E-state index in [-0.39, 0.29) is 127 Å². The van der Waals surface area contributed by atoms with Gasteiger partial charge in [-0.05, 0) is 268 Å². The number of hydrogen-bond acceptors (Lipinski definition) is 25. The second kappa shape index (κ2) is 64.2. The lowest BCUT2D eigenvalue weighted by molar-refractivity contribution is 0.0536. The van der Waals surface area contributed by atoms with E-state index in [1.165, 1.54) is 206 Å². The van der Waals surface area contributed by atoms with Crippen molar-refractivity contribution in [2.45, 2.75) is 90.4 Å². The van der Waals surface area contributed by atoms with Crippen molar-refractivity contribution in [2.75, 3.05) is 105 Å². The number of epoxide rings is 4. The molecular formula is C99H108ClF9O25S2. The van der Waals surface area contributed by atoms with Gasteiger partial charge in [0.05, 0.1) is 74.1 Å². The molecule has 0 spiro atoms. The van der Waals surface area contributed by atoms with Crippen molar-refractivity contribution < 1.29 is 157 Å². The molecule has 0 radical (unpaired) electrons. The fourth-order valence-corrected chi connectivity index (χ4v) is 11.8. The molecule has 4 saturated heterocycles. The Kier molecular flexibility index (Phi) is 53.3. The Labute approximate surface area is 788 Å². The maximum atomic E-state index is 12.9. The van der Waals surface area contributed by atoms with Crippen LogP contribution in [-0.4, -0.2) is 213 Å². The average molecular weight is 1970 g/mol. The second-order valence-corrected chi connectivity index (χ2v) is 32.3. The Hall–Kier alpha value is -11.8. The number of alkyl halides is 1. The van der Waals surface area contributed by atoms with Gasteiger partial charge >= 0.3 is 0 Å². The van der Waals surface area contributed by atoms with E-state index in [2.05, 4.69) is 13.2 Å². The second-order valence-electron chi connectivity index (χ2n) is 28.8. The Morgan fingerprint density at radius 1 is 0.324 bits per heavy atom. The first-order chi connectivity index (χ1) is 65.4. The van der Waals surface area contributed by atoms with Crippen molar-refractivity contribution in [2.24, 2.45) is 0 Å². The van der Waals surface area contributed by atoms with Gasteiger partial charge in [0.2, 0.25) is 0 Å². The van der Waals surface area contributed by atoms with Crippen LogP contribution in [0.15, 0.2) is 314 Å². The summed E-state index contributed by atoms with van der Waals surface area (Å²) in [4.78, 5) is 0.108. The van der Waals surface area contributed by atoms with E-state index >= 15 is 0 Å². The summed E-state index contributed by atoms with van der Waals surface area (Å²) in [6, 6.07) is 65.9. The van der Waals surface area contributed by atoms with Crippen molar-refractivity contribution >= 4 is 31.8 Å². The molecule has 25 nitrogen and oxygen atoms in total. The third kappa shape index (κ3) is 53.5. The molecule has 0 aromatic heterocycles. The van der Waals surface area contributed by atoms with Crippen molar-refractivity contribution in [3.8, 4) is 51.7 Å². The van der Waals surface area contributed by atoms with Crippen LogP contribution in [0.5, 0.6) is 51.7 Å². The van der Waals surface area contributed by atoms with Crippen LogP contribution in [0.3, 0.4) is 0 Å². The Bertz CT molecular complexity index is 5040. The summed E-state index contributed by atoms with van der Waals surface area (Å²) >= 11 is 5.27. The van der Waals surface area contributed by atoms with E-state index in [9.17, 15) is 66.6 Å². The first kappa shape index (κ1) is 113. The van der Waals surface area contributed by atoms with Crippen LogP contribution in [-0.2, 0) is 47.5 Å². The highest BCUT2D eigenvalue weighted by atomic mass is 35.5. The predicted octanol–water partition coefficient (Wildman–Crippen LogP) is 16.5. The largest absolute Gasteiger partial charge is 0.508 e. The quantitative estimate of drug-likeness (QED) is 0.00616. The maximum Gasteiger partial charge on any atom is 0.297 e. The summed E-state index contributed by atoms with van der Waals surface area (Å²) in [6.07, 6.45) is 2.88. The van der Waals surface area contributed by atoms with Crippen molar-refractivity contribution in [3.05, 3.63) is 357 Å². The summed E-state index contributed by atoms with van der Waals surface area (Å²) in [5, 5.41) is 62.5. The number of hydrogen-bond donors (Lipinski definition) is 7. The summed E-state index contributed by atoms with van der Waals surface area (Å²) in [6.45, 7) is 11.1. The number of halogens is 10. The first-order valence-electron chi connectivity index (χ1n) is 42.0. The number of aromatic hydroxyl groups is 1. The normalized spacial score (nSPS) is 15.3. The lowest BCUT2D eigenvalue weighted by atomic mass is 10.2. The van der Waals surface area contributed by atoms with Gasteiger partial charge in [0.25, 0.3) is 20.2 Å².